The molecule has 0 radical (unpaired) electrons. The lowest BCUT2D eigenvalue weighted by Crippen LogP contribution is -2.08. The van der Waals surface area contributed by atoms with Crippen LogP contribution in [-0.4, -0.2) is 17.5 Å². The van der Waals surface area contributed by atoms with Gasteiger partial charge in [0.15, 0.2) is 0 Å². The van der Waals surface area contributed by atoms with Gasteiger partial charge in [-0.05, 0) is 31.9 Å². The van der Waals surface area contributed by atoms with Gasteiger partial charge in [0.05, 0.1) is 5.71 Å². The highest BCUT2D eigenvalue weighted by atomic mass is 16.5. The van der Waals surface area contributed by atoms with Crippen LogP contribution in [0.25, 0.3) is 0 Å². The first-order chi connectivity index (χ1) is 6.65. The minimum absolute atomic E-state index is 0.322. The van der Waals surface area contributed by atoms with Crippen LogP contribution in [0.5, 0.6) is 5.75 Å². The Bertz CT molecular complexity index is 325. The summed E-state index contributed by atoms with van der Waals surface area (Å²) < 4.78 is 5.53. The SMILES string of the molecule is CC(COc1c(C)cccc1C)=NO. The van der Waals surface area contributed by atoms with Crippen molar-refractivity contribution in [1.82, 2.24) is 0 Å². The van der Waals surface area contributed by atoms with Crippen molar-refractivity contribution in [1.29, 1.82) is 0 Å². The van der Waals surface area contributed by atoms with Crippen LogP contribution in [-0.2, 0) is 0 Å². The van der Waals surface area contributed by atoms with Gasteiger partial charge in [-0.15, -0.1) is 0 Å². The molecule has 76 valence electrons. The van der Waals surface area contributed by atoms with Crippen LogP contribution in [0.2, 0.25) is 0 Å². The molecular formula is C11H15NO2. The van der Waals surface area contributed by atoms with Gasteiger partial charge in [0.1, 0.15) is 12.4 Å². The standard InChI is InChI=1S/C11H15NO2/c1-8-5-4-6-9(2)11(8)14-7-10(3)12-13/h4-6,13H,7H2,1-3H3. The summed E-state index contributed by atoms with van der Waals surface area (Å²) in [5, 5.41) is 11.5. The Morgan fingerprint density at radius 2 is 1.93 bits per heavy atom. The highest BCUT2D eigenvalue weighted by molar-refractivity contribution is 5.82. The Morgan fingerprint density at radius 3 is 2.43 bits per heavy atom. The minimum Gasteiger partial charge on any atom is -0.487 e. The summed E-state index contributed by atoms with van der Waals surface area (Å²) >= 11 is 0. The Labute approximate surface area is 84.0 Å². The van der Waals surface area contributed by atoms with Crippen LogP contribution in [0.1, 0.15) is 18.1 Å². The van der Waals surface area contributed by atoms with E-state index in [0.717, 1.165) is 16.9 Å². The predicted octanol–water partition coefficient (Wildman–Crippen LogP) is 2.53. The predicted molar refractivity (Wildman–Crippen MR) is 56.3 cm³/mol. The quantitative estimate of drug-likeness (QED) is 0.455. The molecule has 0 fully saturated rings. The Balaban J connectivity index is 2.76. The summed E-state index contributed by atoms with van der Waals surface area (Å²) in [5.74, 6) is 0.871. The lowest BCUT2D eigenvalue weighted by Gasteiger charge is -2.10. The van der Waals surface area contributed by atoms with Crippen molar-refractivity contribution in [3.63, 3.8) is 0 Å². The number of hydrogen-bond acceptors (Lipinski definition) is 3. The zero-order valence-electron chi connectivity index (χ0n) is 8.74. The van der Waals surface area contributed by atoms with Crippen molar-refractivity contribution >= 4 is 5.71 Å². The van der Waals surface area contributed by atoms with Crippen LogP contribution in [0.15, 0.2) is 23.4 Å². The van der Waals surface area contributed by atoms with E-state index < -0.39 is 0 Å². The van der Waals surface area contributed by atoms with E-state index in [2.05, 4.69) is 5.16 Å². The minimum atomic E-state index is 0.322. The molecule has 0 aliphatic rings. The molecule has 0 unspecified atom stereocenters. The fourth-order valence-electron chi connectivity index (χ4n) is 1.23. The van der Waals surface area contributed by atoms with Crippen molar-refractivity contribution in [3.05, 3.63) is 29.3 Å². The number of rotatable bonds is 3. The van der Waals surface area contributed by atoms with E-state index in [0.29, 0.717) is 12.3 Å². The third-order valence-electron chi connectivity index (χ3n) is 2.00. The number of hydrogen-bond donors (Lipinski definition) is 1. The summed E-state index contributed by atoms with van der Waals surface area (Å²) in [7, 11) is 0. The Hall–Kier alpha value is -1.51. The average molecular weight is 193 g/mol. The lowest BCUT2D eigenvalue weighted by atomic mass is 10.1. The molecule has 0 aliphatic heterocycles. The first-order valence-electron chi connectivity index (χ1n) is 4.51. The first kappa shape index (κ1) is 10.6. The number of nitrogens with zero attached hydrogens (tertiary/aromatic N) is 1. The van der Waals surface area contributed by atoms with Crippen molar-refractivity contribution in [2.24, 2.45) is 5.16 Å². The lowest BCUT2D eigenvalue weighted by molar-refractivity contribution is 0.306. The molecule has 1 aromatic carbocycles. The Kier molecular flexibility index (Phi) is 3.51. The molecule has 0 heterocycles. The molecule has 3 heteroatoms. The van der Waals surface area contributed by atoms with Crippen molar-refractivity contribution in [2.75, 3.05) is 6.61 Å². The van der Waals surface area contributed by atoms with Gasteiger partial charge in [-0.1, -0.05) is 23.4 Å². The fraction of sp³-hybridized carbons (Fsp3) is 0.364. The van der Waals surface area contributed by atoms with Crippen LogP contribution in [0, 0.1) is 13.8 Å². The molecule has 0 saturated heterocycles. The van der Waals surface area contributed by atoms with Crippen molar-refractivity contribution in [3.8, 4) is 5.75 Å². The highest BCUT2D eigenvalue weighted by Crippen LogP contribution is 2.21. The van der Waals surface area contributed by atoms with Gasteiger partial charge in [-0.25, -0.2) is 0 Å². The van der Waals surface area contributed by atoms with Gasteiger partial charge in [-0.2, -0.15) is 0 Å². The number of ether oxygens (including phenoxy) is 1. The van der Waals surface area contributed by atoms with Gasteiger partial charge in [0, 0.05) is 0 Å². The van der Waals surface area contributed by atoms with Crippen molar-refractivity contribution < 1.29 is 9.94 Å². The van der Waals surface area contributed by atoms with Gasteiger partial charge in [0.2, 0.25) is 0 Å². The van der Waals surface area contributed by atoms with Crippen LogP contribution in [0.4, 0.5) is 0 Å². The van der Waals surface area contributed by atoms with Crippen LogP contribution >= 0.6 is 0 Å². The van der Waals surface area contributed by atoms with Gasteiger partial charge in [-0.3, -0.25) is 0 Å². The number of benzene rings is 1. The molecule has 1 aromatic rings. The van der Waals surface area contributed by atoms with E-state index in [1.165, 1.54) is 0 Å². The maximum Gasteiger partial charge on any atom is 0.129 e. The van der Waals surface area contributed by atoms with E-state index in [1.54, 1.807) is 6.92 Å². The summed E-state index contributed by atoms with van der Waals surface area (Å²) in [6, 6.07) is 5.98. The summed E-state index contributed by atoms with van der Waals surface area (Å²) in [6.45, 7) is 6.03. The summed E-state index contributed by atoms with van der Waals surface area (Å²) in [6.07, 6.45) is 0. The van der Waals surface area contributed by atoms with Crippen LogP contribution < -0.4 is 4.74 Å². The monoisotopic (exact) mass is 193 g/mol. The molecule has 1 N–H and O–H groups in total. The maximum absolute atomic E-state index is 8.46. The van der Waals surface area contributed by atoms with E-state index in [1.807, 2.05) is 32.0 Å². The first-order valence-corrected chi connectivity index (χ1v) is 4.51. The Morgan fingerprint density at radius 1 is 1.36 bits per heavy atom. The normalized spacial score (nSPS) is 11.5. The van der Waals surface area contributed by atoms with E-state index in [-0.39, 0.29) is 0 Å². The van der Waals surface area contributed by atoms with Gasteiger partial charge >= 0.3 is 0 Å². The molecule has 0 aliphatic carbocycles. The molecular weight excluding hydrogens is 178 g/mol. The summed E-state index contributed by atoms with van der Waals surface area (Å²) in [5.41, 5.74) is 2.75. The fourth-order valence-corrected chi connectivity index (χ4v) is 1.23. The number of oxime groups is 1. The van der Waals surface area contributed by atoms with Crippen LogP contribution in [0.3, 0.4) is 0 Å². The zero-order chi connectivity index (χ0) is 10.6. The van der Waals surface area contributed by atoms with Crippen molar-refractivity contribution in [2.45, 2.75) is 20.8 Å². The topological polar surface area (TPSA) is 41.8 Å². The molecule has 0 saturated carbocycles. The largest absolute Gasteiger partial charge is 0.487 e. The molecule has 3 nitrogen and oxygen atoms in total. The second kappa shape index (κ2) is 4.65. The molecule has 0 atom stereocenters. The second-order valence-corrected chi connectivity index (χ2v) is 3.34. The molecule has 0 amide bonds. The molecule has 0 bridgehead atoms. The van der Waals surface area contributed by atoms with E-state index in [9.17, 15) is 0 Å². The second-order valence-electron chi connectivity index (χ2n) is 3.34. The molecule has 1 rings (SSSR count). The number of aryl methyl sites for hydroxylation is 2. The smallest absolute Gasteiger partial charge is 0.129 e. The molecule has 14 heavy (non-hydrogen) atoms. The maximum atomic E-state index is 8.46. The zero-order valence-corrected chi connectivity index (χ0v) is 8.74. The van der Waals surface area contributed by atoms with E-state index in [4.69, 9.17) is 9.94 Å². The van der Waals surface area contributed by atoms with Gasteiger partial charge < -0.3 is 9.94 Å². The molecule has 0 aromatic heterocycles. The number of para-hydroxylation sites is 1. The third kappa shape index (κ3) is 2.49. The third-order valence-corrected chi connectivity index (χ3v) is 2.00. The summed E-state index contributed by atoms with van der Waals surface area (Å²) in [4.78, 5) is 0. The molecule has 0 spiro atoms. The van der Waals surface area contributed by atoms with E-state index >= 15 is 0 Å². The van der Waals surface area contributed by atoms with Gasteiger partial charge in [0.25, 0.3) is 0 Å². The highest BCUT2D eigenvalue weighted by Gasteiger charge is 2.03. The average Bonchev–Trinajstić information content (AvgIpc) is 2.16.